The minimum Gasteiger partial charge on any atom is -0.344 e. The number of hydrogen-bond acceptors (Lipinski definition) is 2. The maximum atomic E-state index is 14.7. The van der Waals surface area contributed by atoms with E-state index in [0.29, 0.717) is 16.9 Å². The maximum absolute atomic E-state index is 14.7. The normalized spacial score (nSPS) is 12.2. The number of halogens is 3. The van der Waals surface area contributed by atoms with Crippen LogP contribution in [0.5, 0.6) is 0 Å². The Hall–Kier alpha value is -8.27. The Morgan fingerprint density at radius 3 is 1.50 bits per heavy atom. The quantitative estimate of drug-likeness (QED) is 0.178. The lowest BCUT2D eigenvalue weighted by atomic mass is 9.95. The van der Waals surface area contributed by atoms with Gasteiger partial charge in [0.05, 0.1) is 61.7 Å². The standard InChI is InChI=1S/C53H31F3N6/c1-59-41-15-7-5-13-38(41)48-46(59)23-20-36-34-11-3-9-17-43(34)61(51(36)48)45-22-19-33(31-25-30(28-57)26-32(27-31)53(54,55)56)50(40(45)29-58)62-44-18-10-4-12-35(44)37-21-24-47-49(52(37)62)39-14-6-8-16-42(39)60(47)2/h3-27H,1-2H3. The number of para-hydroxylation sites is 4. The summed E-state index contributed by atoms with van der Waals surface area (Å²) < 4.78 is 52.6. The minimum absolute atomic E-state index is 0.136. The number of benzene rings is 8. The molecule has 0 aliphatic rings. The molecule has 294 valence electrons. The van der Waals surface area contributed by atoms with Gasteiger partial charge in [0.25, 0.3) is 0 Å². The Morgan fingerprint density at radius 1 is 0.468 bits per heavy atom. The van der Waals surface area contributed by atoms with Gasteiger partial charge in [-0.15, -0.1) is 0 Å². The van der Waals surface area contributed by atoms with Crippen molar-refractivity contribution in [3.8, 4) is 34.6 Å². The molecule has 12 aromatic rings. The molecule has 0 fully saturated rings. The van der Waals surface area contributed by atoms with Gasteiger partial charge in [0.15, 0.2) is 0 Å². The van der Waals surface area contributed by atoms with Gasteiger partial charge in [0.2, 0.25) is 0 Å². The highest BCUT2D eigenvalue weighted by molar-refractivity contribution is 6.27. The zero-order valence-electron chi connectivity index (χ0n) is 33.3. The fourth-order valence-electron chi connectivity index (χ4n) is 10.2. The molecule has 0 aliphatic heterocycles. The monoisotopic (exact) mass is 808 g/mol. The Labute approximate surface area is 351 Å². The van der Waals surface area contributed by atoms with Crippen LogP contribution in [-0.2, 0) is 20.3 Å². The lowest BCUT2D eigenvalue weighted by molar-refractivity contribution is -0.137. The smallest absolute Gasteiger partial charge is 0.344 e. The second-order valence-electron chi connectivity index (χ2n) is 15.9. The first-order valence-corrected chi connectivity index (χ1v) is 20.2. The van der Waals surface area contributed by atoms with Crippen molar-refractivity contribution in [1.29, 1.82) is 10.5 Å². The molecule has 6 nitrogen and oxygen atoms in total. The molecule has 0 radical (unpaired) electrons. The Balaban J connectivity index is 1.33. The van der Waals surface area contributed by atoms with Crippen LogP contribution in [0.3, 0.4) is 0 Å². The molecule has 4 heterocycles. The van der Waals surface area contributed by atoms with E-state index in [2.05, 4.69) is 86.0 Å². The summed E-state index contributed by atoms with van der Waals surface area (Å²) in [5.74, 6) is 0. The molecule has 4 aromatic heterocycles. The van der Waals surface area contributed by atoms with Gasteiger partial charge in [-0.25, -0.2) is 0 Å². The molecule has 0 unspecified atom stereocenters. The zero-order chi connectivity index (χ0) is 42.2. The molecule has 0 N–H and O–H groups in total. The van der Waals surface area contributed by atoms with E-state index in [0.717, 1.165) is 99.4 Å². The Bertz CT molecular complexity index is 4030. The summed E-state index contributed by atoms with van der Waals surface area (Å²) in [5, 5.41) is 29.8. The van der Waals surface area contributed by atoms with Gasteiger partial charge in [-0.1, -0.05) is 91.0 Å². The molecule has 0 amide bonds. The number of nitriles is 2. The van der Waals surface area contributed by atoms with Crippen LogP contribution in [0.2, 0.25) is 0 Å². The van der Waals surface area contributed by atoms with E-state index >= 15 is 0 Å². The van der Waals surface area contributed by atoms with E-state index in [1.807, 2.05) is 92.0 Å². The largest absolute Gasteiger partial charge is 0.416 e. The predicted molar refractivity (Wildman–Crippen MR) is 243 cm³/mol. The Morgan fingerprint density at radius 2 is 0.968 bits per heavy atom. The predicted octanol–water partition coefficient (Wildman–Crippen LogP) is 13.6. The van der Waals surface area contributed by atoms with Gasteiger partial charge in [0, 0.05) is 73.8 Å². The van der Waals surface area contributed by atoms with Crippen molar-refractivity contribution in [1.82, 2.24) is 18.3 Å². The molecule has 0 aliphatic carbocycles. The average molecular weight is 809 g/mol. The molecule has 0 bridgehead atoms. The van der Waals surface area contributed by atoms with Crippen LogP contribution in [0.4, 0.5) is 13.2 Å². The third-order valence-electron chi connectivity index (χ3n) is 12.9. The fourth-order valence-corrected chi connectivity index (χ4v) is 10.2. The number of aryl methyl sites for hydroxylation is 2. The number of aromatic nitrogens is 4. The van der Waals surface area contributed by atoms with Gasteiger partial charge in [-0.2, -0.15) is 23.7 Å². The lowest BCUT2D eigenvalue weighted by Crippen LogP contribution is -2.08. The van der Waals surface area contributed by atoms with E-state index in [9.17, 15) is 23.7 Å². The topological polar surface area (TPSA) is 67.3 Å². The molecule has 12 rings (SSSR count). The summed E-state index contributed by atoms with van der Waals surface area (Å²) in [6.45, 7) is 0. The van der Waals surface area contributed by atoms with Crippen LogP contribution in [0.15, 0.2) is 152 Å². The van der Waals surface area contributed by atoms with Crippen LogP contribution < -0.4 is 0 Å². The van der Waals surface area contributed by atoms with Crippen molar-refractivity contribution < 1.29 is 13.2 Å². The molecular weight excluding hydrogens is 778 g/mol. The molecule has 62 heavy (non-hydrogen) atoms. The third kappa shape index (κ3) is 4.68. The van der Waals surface area contributed by atoms with E-state index in [-0.39, 0.29) is 16.7 Å². The summed E-state index contributed by atoms with van der Waals surface area (Å²) in [6.07, 6.45) is -4.73. The molecule has 0 saturated carbocycles. The van der Waals surface area contributed by atoms with Gasteiger partial charge >= 0.3 is 6.18 Å². The molecule has 0 saturated heterocycles. The third-order valence-corrected chi connectivity index (χ3v) is 12.9. The van der Waals surface area contributed by atoms with Crippen molar-refractivity contribution in [2.24, 2.45) is 14.1 Å². The van der Waals surface area contributed by atoms with E-state index in [4.69, 9.17) is 0 Å². The number of hydrogen-bond donors (Lipinski definition) is 0. The average Bonchev–Trinajstić information content (AvgIpc) is 4.00. The minimum atomic E-state index is -4.73. The summed E-state index contributed by atoms with van der Waals surface area (Å²) in [4.78, 5) is 0. The molecule has 0 atom stereocenters. The second kappa shape index (κ2) is 12.6. The first-order chi connectivity index (χ1) is 30.2. The van der Waals surface area contributed by atoms with Crippen LogP contribution >= 0.6 is 0 Å². The van der Waals surface area contributed by atoms with Gasteiger partial charge in [-0.3, -0.25) is 0 Å². The highest BCUT2D eigenvalue weighted by Gasteiger charge is 2.33. The zero-order valence-corrected chi connectivity index (χ0v) is 33.3. The number of nitrogens with zero attached hydrogens (tertiary/aromatic N) is 6. The maximum Gasteiger partial charge on any atom is 0.416 e. The molecule has 0 spiro atoms. The van der Waals surface area contributed by atoms with Gasteiger partial charge < -0.3 is 18.3 Å². The van der Waals surface area contributed by atoms with Crippen LogP contribution in [-0.4, -0.2) is 18.3 Å². The van der Waals surface area contributed by atoms with Gasteiger partial charge in [0.1, 0.15) is 11.6 Å². The summed E-state index contributed by atoms with van der Waals surface area (Å²) in [6, 6.07) is 52.7. The van der Waals surface area contributed by atoms with Gasteiger partial charge in [-0.05, 0) is 66.2 Å². The van der Waals surface area contributed by atoms with Crippen molar-refractivity contribution in [2.45, 2.75) is 6.18 Å². The molecular formula is C53H31F3N6. The van der Waals surface area contributed by atoms with Crippen molar-refractivity contribution in [2.75, 3.05) is 0 Å². The highest BCUT2D eigenvalue weighted by atomic mass is 19.4. The second-order valence-corrected chi connectivity index (χ2v) is 15.9. The van der Waals surface area contributed by atoms with Crippen LogP contribution in [0.1, 0.15) is 16.7 Å². The Kier molecular flexibility index (Phi) is 7.26. The van der Waals surface area contributed by atoms with Crippen LogP contribution in [0, 0.1) is 22.7 Å². The fraction of sp³-hybridized carbons (Fsp3) is 0.0566. The summed E-state index contributed by atoms with van der Waals surface area (Å²) in [5.41, 5.74) is 8.17. The first-order valence-electron chi connectivity index (χ1n) is 20.2. The highest BCUT2D eigenvalue weighted by Crippen LogP contribution is 2.47. The molecule has 8 aromatic carbocycles. The SMILES string of the molecule is Cn1c2ccccc2c2c1ccc1c3ccccc3n(-c3ccc(-c4cc(C#N)cc(C(F)(F)F)c4)c(-n4c5ccccc5c5ccc6c(c7ccccc7n6C)c54)c3C#N)c12. The first kappa shape index (κ1) is 35.7. The van der Waals surface area contributed by atoms with Crippen LogP contribution in [0.25, 0.3) is 110 Å². The lowest BCUT2D eigenvalue weighted by Gasteiger charge is -2.21. The molecule has 9 heteroatoms. The summed E-state index contributed by atoms with van der Waals surface area (Å²) >= 11 is 0. The van der Waals surface area contributed by atoms with Crippen molar-refractivity contribution >= 4 is 87.2 Å². The number of alkyl halides is 3. The van der Waals surface area contributed by atoms with Crippen molar-refractivity contribution in [3.05, 3.63) is 168 Å². The van der Waals surface area contributed by atoms with E-state index in [1.54, 1.807) is 0 Å². The van der Waals surface area contributed by atoms with E-state index < -0.39 is 11.7 Å². The number of fused-ring (bicyclic) bond motifs is 14. The van der Waals surface area contributed by atoms with E-state index in [1.165, 1.54) is 6.07 Å². The summed E-state index contributed by atoms with van der Waals surface area (Å²) in [7, 11) is 4.08. The van der Waals surface area contributed by atoms with Crippen molar-refractivity contribution in [3.63, 3.8) is 0 Å². The number of rotatable bonds is 3.